The average molecular weight is 308 g/mol. The Labute approximate surface area is 128 Å². The minimum atomic E-state index is -0.859. The summed E-state index contributed by atoms with van der Waals surface area (Å²) in [6.07, 6.45) is 0.958. The largest absolute Gasteiger partial charge is 0.480 e. The third-order valence-corrected chi connectivity index (χ3v) is 4.54. The predicted octanol–water partition coefficient (Wildman–Crippen LogP) is 1.69. The number of benzene rings is 1. The molecule has 1 unspecified atom stereocenters. The lowest BCUT2D eigenvalue weighted by Gasteiger charge is -2.31. The summed E-state index contributed by atoms with van der Waals surface area (Å²) in [6, 6.07) is 7.13. The third kappa shape index (κ3) is 4.47. The van der Waals surface area contributed by atoms with Crippen molar-refractivity contribution >= 4 is 29.3 Å². The number of aliphatic carboxylic acids is 1. The van der Waals surface area contributed by atoms with E-state index < -0.39 is 12.0 Å². The van der Waals surface area contributed by atoms with Crippen LogP contribution in [0.3, 0.4) is 0 Å². The number of carboxylic acid groups (broad SMARTS) is 1. The Balaban J connectivity index is 1.92. The quantitative estimate of drug-likeness (QED) is 0.866. The van der Waals surface area contributed by atoms with E-state index in [0.29, 0.717) is 12.3 Å². The number of rotatable bonds is 5. The fraction of sp³-hybridized carbons (Fsp3) is 0.467. The van der Waals surface area contributed by atoms with Crippen molar-refractivity contribution in [2.24, 2.45) is 0 Å². The van der Waals surface area contributed by atoms with Gasteiger partial charge in [-0.2, -0.15) is 11.8 Å². The van der Waals surface area contributed by atoms with Gasteiger partial charge in [0.2, 0.25) is 5.91 Å². The second kappa shape index (κ2) is 7.47. The van der Waals surface area contributed by atoms with E-state index >= 15 is 0 Å². The Morgan fingerprint density at radius 2 is 2.10 bits per heavy atom. The van der Waals surface area contributed by atoms with Crippen molar-refractivity contribution in [1.82, 2.24) is 4.90 Å². The molecule has 1 amide bonds. The Bertz CT molecular complexity index is 504. The molecular formula is C15H20N2O3S. The first-order chi connectivity index (χ1) is 10.1. The standard InChI is InChI=1S/C15H20N2O3S/c1-2-11-3-5-12(6-4-11)16-14(18)9-17-7-8-21-10-13(17)15(19)20/h3-6,13H,2,7-10H2,1H3,(H,16,18)(H,19,20). The number of nitrogens with one attached hydrogen (secondary N) is 1. The zero-order valence-electron chi connectivity index (χ0n) is 12.0. The van der Waals surface area contributed by atoms with Gasteiger partial charge in [-0.05, 0) is 24.1 Å². The van der Waals surface area contributed by atoms with Crippen molar-refractivity contribution in [3.8, 4) is 0 Å². The van der Waals surface area contributed by atoms with Gasteiger partial charge in [0.1, 0.15) is 6.04 Å². The minimum Gasteiger partial charge on any atom is -0.480 e. The van der Waals surface area contributed by atoms with Crippen LogP contribution in [0.2, 0.25) is 0 Å². The first-order valence-corrected chi connectivity index (χ1v) is 8.19. The van der Waals surface area contributed by atoms with Crippen LogP contribution >= 0.6 is 11.8 Å². The number of anilines is 1. The highest BCUT2D eigenvalue weighted by Gasteiger charge is 2.29. The molecule has 114 valence electrons. The fourth-order valence-corrected chi connectivity index (χ4v) is 3.37. The molecule has 0 saturated carbocycles. The van der Waals surface area contributed by atoms with E-state index in [9.17, 15) is 14.7 Å². The van der Waals surface area contributed by atoms with Crippen LogP contribution in [0.25, 0.3) is 0 Å². The summed E-state index contributed by atoms with van der Waals surface area (Å²) in [6.45, 7) is 2.82. The number of aryl methyl sites for hydroxylation is 1. The molecule has 2 N–H and O–H groups in total. The fourth-order valence-electron chi connectivity index (χ4n) is 2.26. The molecule has 1 aliphatic heterocycles. The van der Waals surface area contributed by atoms with Crippen LogP contribution in [0.4, 0.5) is 5.69 Å². The van der Waals surface area contributed by atoms with Gasteiger partial charge in [0.05, 0.1) is 6.54 Å². The van der Waals surface area contributed by atoms with Crippen molar-refractivity contribution in [2.75, 3.05) is 29.9 Å². The molecule has 6 heteroatoms. The van der Waals surface area contributed by atoms with Crippen LogP contribution in [-0.4, -0.2) is 52.5 Å². The van der Waals surface area contributed by atoms with Gasteiger partial charge in [-0.1, -0.05) is 19.1 Å². The lowest BCUT2D eigenvalue weighted by Crippen LogP contribution is -2.50. The van der Waals surface area contributed by atoms with Crippen LogP contribution in [-0.2, 0) is 16.0 Å². The first kappa shape index (κ1) is 15.9. The molecule has 0 bridgehead atoms. The summed E-state index contributed by atoms with van der Waals surface area (Å²) in [5.41, 5.74) is 1.96. The lowest BCUT2D eigenvalue weighted by atomic mass is 10.1. The summed E-state index contributed by atoms with van der Waals surface area (Å²) < 4.78 is 0. The van der Waals surface area contributed by atoms with Gasteiger partial charge in [0, 0.05) is 23.7 Å². The number of carboxylic acids is 1. The highest BCUT2D eigenvalue weighted by molar-refractivity contribution is 7.99. The molecule has 1 atom stereocenters. The molecule has 2 rings (SSSR count). The van der Waals surface area contributed by atoms with E-state index in [1.54, 1.807) is 16.7 Å². The number of amides is 1. The maximum Gasteiger partial charge on any atom is 0.321 e. The smallest absolute Gasteiger partial charge is 0.321 e. The summed E-state index contributed by atoms with van der Waals surface area (Å²) >= 11 is 1.62. The van der Waals surface area contributed by atoms with E-state index in [1.807, 2.05) is 24.3 Å². The van der Waals surface area contributed by atoms with Crippen LogP contribution < -0.4 is 5.32 Å². The van der Waals surface area contributed by atoms with E-state index in [4.69, 9.17) is 0 Å². The zero-order chi connectivity index (χ0) is 15.2. The van der Waals surface area contributed by atoms with Crippen molar-refractivity contribution < 1.29 is 14.7 Å². The highest BCUT2D eigenvalue weighted by atomic mass is 32.2. The van der Waals surface area contributed by atoms with Gasteiger partial charge in [0.15, 0.2) is 0 Å². The molecule has 1 fully saturated rings. The SMILES string of the molecule is CCc1ccc(NC(=O)CN2CCSCC2C(=O)O)cc1. The average Bonchev–Trinajstić information content (AvgIpc) is 2.48. The summed E-state index contributed by atoms with van der Waals surface area (Å²) in [5.74, 6) is 0.371. The molecule has 5 nitrogen and oxygen atoms in total. The first-order valence-electron chi connectivity index (χ1n) is 7.03. The van der Waals surface area contributed by atoms with Gasteiger partial charge in [-0.15, -0.1) is 0 Å². The van der Waals surface area contributed by atoms with Crippen molar-refractivity contribution in [2.45, 2.75) is 19.4 Å². The Morgan fingerprint density at radius 3 is 2.71 bits per heavy atom. The monoisotopic (exact) mass is 308 g/mol. The van der Waals surface area contributed by atoms with Crippen LogP contribution in [0.5, 0.6) is 0 Å². The molecule has 1 aromatic rings. The van der Waals surface area contributed by atoms with Crippen LogP contribution in [0.1, 0.15) is 12.5 Å². The molecule has 0 aromatic heterocycles. The second-order valence-corrected chi connectivity index (χ2v) is 6.15. The topological polar surface area (TPSA) is 69.6 Å². The Hall–Kier alpha value is -1.53. The highest BCUT2D eigenvalue weighted by Crippen LogP contribution is 2.17. The number of hydrogen-bond acceptors (Lipinski definition) is 4. The van der Waals surface area contributed by atoms with Gasteiger partial charge < -0.3 is 10.4 Å². The van der Waals surface area contributed by atoms with Gasteiger partial charge >= 0.3 is 5.97 Å². The maximum absolute atomic E-state index is 12.1. The summed E-state index contributed by atoms with van der Waals surface area (Å²) in [4.78, 5) is 25.0. The molecule has 1 aromatic carbocycles. The number of nitrogens with zero attached hydrogens (tertiary/aromatic N) is 1. The minimum absolute atomic E-state index is 0.118. The molecule has 1 heterocycles. The third-order valence-electron chi connectivity index (χ3n) is 3.52. The number of thioether (sulfide) groups is 1. The predicted molar refractivity (Wildman–Crippen MR) is 84.8 cm³/mol. The molecule has 0 radical (unpaired) electrons. The second-order valence-electron chi connectivity index (χ2n) is 5.00. The van der Waals surface area contributed by atoms with Crippen molar-refractivity contribution in [1.29, 1.82) is 0 Å². The molecule has 21 heavy (non-hydrogen) atoms. The van der Waals surface area contributed by atoms with E-state index in [1.165, 1.54) is 5.56 Å². The van der Waals surface area contributed by atoms with Crippen LogP contribution in [0, 0.1) is 0 Å². The molecule has 0 spiro atoms. The summed E-state index contributed by atoms with van der Waals surface area (Å²) in [5, 5.41) is 12.0. The summed E-state index contributed by atoms with van der Waals surface area (Å²) in [7, 11) is 0. The van der Waals surface area contributed by atoms with Gasteiger partial charge in [-0.25, -0.2) is 0 Å². The molecular weight excluding hydrogens is 288 g/mol. The van der Waals surface area contributed by atoms with Crippen molar-refractivity contribution in [3.05, 3.63) is 29.8 Å². The van der Waals surface area contributed by atoms with Crippen LogP contribution in [0.15, 0.2) is 24.3 Å². The molecule has 0 aliphatic carbocycles. The van der Waals surface area contributed by atoms with E-state index in [2.05, 4.69) is 12.2 Å². The number of carbonyl (C=O) groups excluding carboxylic acids is 1. The Morgan fingerprint density at radius 1 is 1.38 bits per heavy atom. The Kier molecular flexibility index (Phi) is 5.64. The number of hydrogen-bond donors (Lipinski definition) is 2. The molecule has 1 saturated heterocycles. The van der Waals surface area contributed by atoms with E-state index in [-0.39, 0.29) is 12.5 Å². The molecule has 1 aliphatic rings. The number of carbonyl (C=O) groups is 2. The van der Waals surface area contributed by atoms with Crippen molar-refractivity contribution in [3.63, 3.8) is 0 Å². The van der Waals surface area contributed by atoms with Gasteiger partial charge in [-0.3, -0.25) is 14.5 Å². The zero-order valence-corrected chi connectivity index (χ0v) is 12.9. The lowest BCUT2D eigenvalue weighted by molar-refractivity contribution is -0.142. The normalized spacial score (nSPS) is 19.2. The van der Waals surface area contributed by atoms with Gasteiger partial charge in [0.25, 0.3) is 0 Å². The van der Waals surface area contributed by atoms with E-state index in [0.717, 1.165) is 17.9 Å². The maximum atomic E-state index is 12.1.